The van der Waals surface area contributed by atoms with Gasteiger partial charge in [0.2, 0.25) is 5.95 Å². The van der Waals surface area contributed by atoms with Gasteiger partial charge in [0.25, 0.3) is 0 Å². The second kappa shape index (κ2) is 5.48. The summed E-state index contributed by atoms with van der Waals surface area (Å²) in [6, 6.07) is 2.20. The summed E-state index contributed by atoms with van der Waals surface area (Å²) in [5, 5.41) is 0.454. The van der Waals surface area contributed by atoms with Crippen molar-refractivity contribution in [1.29, 1.82) is 0 Å². The van der Waals surface area contributed by atoms with E-state index in [-0.39, 0.29) is 0 Å². The second-order valence-electron chi connectivity index (χ2n) is 6.46. The van der Waals surface area contributed by atoms with Crippen LogP contribution in [-0.2, 0) is 0 Å². The van der Waals surface area contributed by atoms with Crippen LogP contribution in [0.1, 0.15) is 0 Å². The van der Waals surface area contributed by atoms with Gasteiger partial charge in [0.1, 0.15) is 5.82 Å². The third-order valence-electron chi connectivity index (χ3n) is 5.02. The number of halogens is 1. The Morgan fingerprint density at radius 3 is 2.72 bits per heavy atom. The van der Waals surface area contributed by atoms with Crippen LogP contribution in [0.15, 0.2) is 40.6 Å². The third kappa shape index (κ3) is 2.36. The first-order chi connectivity index (χ1) is 12.1. The van der Waals surface area contributed by atoms with E-state index in [0.717, 1.165) is 34.5 Å². The van der Waals surface area contributed by atoms with Crippen molar-refractivity contribution in [3.8, 4) is 0 Å². The first-order valence-electron chi connectivity index (χ1n) is 8.04. The number of nitrogens with zero attached hydrogens (tertiary/aromatic N) is 5. The molecule has 7 nitrogen and oxygen atoms in total. The van der Waals surface area contributed by atoms with Crippen molar-refractivity contribution < 1.29 is 0 Å². The van der Waals surface area contributed by atoms with Gasteiger partial charge < -0.3 is 16.4 Å². The molecule has 1 saturated carbocycles. The van der Waals surface area contributed by atoms with Crippen LogP contribution in [0, 0.1) is 11.8 Å². The van der Waals surface area contributed by atoms with E-state index < -0.39 is 0 Å². The Morgan fingerprint density at radius 1 is 1.12 bits per heavy atom. The van der Waals surface area contributed by atoms with Gasteiger partial charge in [0.05, 0.1) is 9.92 Å². The van der Waals surface area contributed by atoms with Crippen LogP contribution in [0.3, 0.4) is 0 Å². The topological polar surface area (TPSA) is 98.4 Å². The number of rotatable bonds is 3. The van der Waals surface area contributed by atoms with Crippen LogP contribution < -0.4 is 16.4 Å². The summed E-state index contributed by atoms with van der Waals surface area (Å²) in [5.41, 5.74) is 12.7. The number of fused-ring (bicyclic) bond motifs is 2. The molecule has 0 amide bonds. The van der Waals surface area contributed by atoms with Gasteiger partial charge in [-0.15, -0.1) is 0 Å². The van der Waals surface area contributed by atoms with E-state index in [2.05, 4.69) is 19.9 Å². The number of imidazole rings is 1. The summed E-state index contributed by atoms with van der Waals surface area (Å²) in [7, 11) is 0. The zero-order valence-electron chi connectivity index (χ0n) is 13.2. The first kappa shape index (κ1) is 15.2. The summed E-state index contributed by atoms with van der Waals surface area (Å²) in [6.07, 6.45) is 7.22. The van der Waals surface area contributed by atoms with Gasteiger partial charge in [-0.2, -0.15) is 0 Å². The highest BCUT2D eigenvalue weighted by atomic mass is 35.5. The molecule has 25 heavy (non-hydrogen) atoms. The number of hydrogen-bond donors (Lipinski definition) is 2. The van der Waals surface area contributed by atoms with Gasteiger partial charge in [-0.05, 0) is 17.9 Å². The number of piperidine rings is 1. The Bertz CT molecular complexity index is 962. The van der Waals surface area contributed by atoms with Crippen molar-refractivity contribution in [2.45, 2.75) is 15.8 Å². The number of aromatic nitrogens is 4. The highest BCUT2D eigenvalue weighted by Gasteiger charge is 2.54. The van der Waals surface area contributed by atoms with Crippen LogP contribution in [-0.4, -0.2) is 38.5 Å². The number of hydrogen-bond acceptors (Lipinski definition) is 7. The van der Waals surface area contributed by atoms with Crippen molar-refractivity contribution in [1.82, 2.24) is 19.4 Å². The van der Waals surface area contributed by atoms with Crippen LogP contribution >= 0.6 is 23.4 Å². The molecule has 5 rings (SSSR count). The van der Waals surface area contributed by atoms with Gasteiger partial charge in [0.15, 0.2) is 5.65 Å². The largest absolute Gasteiger partial charge is 0.382 e. The van der Waals surface area contributed by atoms with E-state index in [1.807, 2.05) is 22.9 Å². The molecule has 0 bridgehead atoms. The Labute approximate surface area is 153 Å². The van der Waals surface area contributed by atoms with Crippen molar-refractivity contribution in [3.05, 3.63) is 35.9 Å². The molecule has 0 aromatic carbocycles. The summed E-state index contributed by atoms with van der Waals surface area (Å²) >= 11 is 7.75. The van der Waals surface area contributed by atoms with Crippen LogP contribution in [0.25, 0.3) is 5.65 Å². The average molecular weight is 374 g/mol. The Balaban J connectivity index is 1.50. The molecule has 1 aliphatic carbocycles. The molecule has 1 aliphatic heterocycles. The molecule has 128 valence electrons. The summed E-state index contributed by atoms with van der Waals surface area (Å²) in [6.45, 7) is 1.93. The summed E-state index contributed by atoms with van der Waals surface area (Å²) in [4.78, 5) is 17.2. The standard InChI is InChI=1S/C16H16ClN7S/c17-12-10(1-2-20-14(12)19)25-11-5-22-16(24-4-3-21-15(11)24)23-6-8-9(7-23)13(8)18/h1-5,8-9,13H,6-7,18H2,(H2,19,20). The van der Waals surface area contributed by atoms with Crippen LogP contribution in [0.4, 0.5) is 11.8 Å². The normalized spacial score (nSPS) is 24.7. The zero-order valence-corrected chi connectivity index (χ0v) is 14.8. The van der Waals surface area contributed by atoms with Gasteiger partial charge in [-0.3, -0.25) is 4.40 Å². The molecule has 2 fully saturated rings. The highest BCUT2D eigenvalue weighted by molar-refractivity contribution is 7.99. The molecule has 1 saturated heterocycles. The maximum atomic E-state index is 6.26. The molecular weight excluding hydrogens is 358 g/mol. The molecule has 2 aliphatic rings. The molecule has 4 heterocycles. The van der Waals surface area contributed by atoms with Gasteiger partial charge in [-0.1, -0.05) is 23.4 Å². The minimum atomic E-state index is 0.322. The molecule has 2 unspecified atom stereocenters. The average Bonchev–Trinajstić information content (AvgIpc) is 3.06. The van der Waals surface area contributed by atoms with Gasteiger partial charge in [0, 0.05) is 48.8 Å². The van der Waals surface area contributed by atoms with E-state index in [9.17, 15) is 0 Å². The lowest BCUT2D eigenvalue weighted by Gasteiger charge is -2.21. The molecule has 0 spiro atoms. The minimum absolute atomic E-state index is 0.322. The fourth-order valence-electron chi connectivity index (χ4n) is 3.56. The van der Waals surface area contributed by atoms with E-state index in [4.69, 9.17) is 23.1 Å². The van der Waals surface area contributed by atoms with E-state index in [1.54, 1.807) is 12.4 Å². The Morgan fingerprint density at radius 2 is 1.92 bits per heavy atom. The molecule has 4 N–H and O–H groups in total. The maximum absolute atomic E-state index is 6.26. The van der Waals surface area contributed by atoms with Gasteiger partial charge in [-0.25, -0.2) is 15.0 Å². The predicted octanol–water partition coefficient (Wildman–Crippen LogP) is 1.90. The molecule has 9 heteroatoms. The lowest BCUT2D eigenvalue weighted by molar-refractivity contribution is 0.718. The zero-order chi connectivity index (χ0) is 17.1. The minimum Gasteiger partial charge on any atom is -0.382 e. The van der Waals surface area contributed by atoms with Crippen LogP contribution in [0.5, 0.6) is 0 Å². The fraction of sp³-hybridized carbons (Fsp3) is 0.312. The molecule has 2 atom stereocenters. The smallest absolute Gasteiger partial charge is 0.211 e. The molecule has 3 aromatic heterocycles. The van der Waals surface area contributed by atoms with E-state index in [1.165, 1.54) is 11.8 Å². The number of nitrogen functional groups attached to an aromatic ring is 1. The van der Waals surface area contributed by atoms with Gasteiger partial charge >= 0.3 is 0 Å². The Hall–Kier alpha value is -2.03. The number of nitrogens with two attached hydrogens (primary N) is 2. The van der Waals surface area contributed by atoms with Crippen molar-refractivity contribution >= 4 is 40.8 Å². The predicted molar refractivity (Wildman–Crippen MR) is 97.9 cm³/mol. The molecule has 3 aromatic rings. The highest BCUT2D eigenvalue weighted by Crippen LogP contribution is 2.45. The van der Waals surface area contributed by atoms with Crippen molar-refractivity contribution in [2.24, 2.45) is 17.6 Å². The Kier molecular flexibility index (Phi) is 3.34. The lowest BCUT2D eigenvalue weighted by atomic mass is 10.4. The quantitative estimate of drug-likeness (QED) is 0.723. The van der Waals surface area contributed by atoms with Crippen molar-refractivity contribution in [3.63, 3.8) is 0 Å². The maximum Gasteiger partial charge on any atom is 0.211 e. The second-order valence-corrected chi connectivity index (χ2v) is 7.93. The van der Waals surface area contributed by atoms with E-state index >= 15 is 0 Å². The number of pyridine rings is 1. The molecular formula is C16H16ClN7S. The monoisotopic (exact) mass is 373 g/mol. The lowest BCUT2D eigenvalue weighted by Crippen LogP contribution is -2.30. The first-order valence-corrected chi connectivity index (χ1v) is 9.23. The molecule has 0 radical (unpaired) electrons. The fourth-order valence-corrected chi connectivity index (χ4v) is 4.70. The number of anilines is 2. The summed E-state index contributed by atoms with van der Waals surface area (Å²) in [5.74, 6) is 2.45. The SMILES string of the molecule is Nc1nccc(Sc2cnc(N3CC4C(N)C4C3)n3ccnc23)c1Cl. The third-order valence-corrected chi connectivity index (χ3v) is 6.59. The summed E-state index contributed by atoms with van der Waals surface area (Å²) < 4.78 is 2.02. The van der Waals surface area contributed by atoms with E-state index in [0.29, 0.717) is 28.7 Å². The van der Waals surface area contributed by atoms with Crippen molar-refractivity contribution in [2.75, 3.05) is 23.7 Å². The van der Waals surface area contributed by atoms with Crippen LogP contribution in [0.2, 0.25) is 5.02 Å².